The molecule has 0 aromatic rings. The van der Waals surface area contributed by atoms with E-state index in [0.29, 0.717) is 26.1 Å². The van der Waals surface area contributed by atoms with Crippen LogP contribution in [0.4, 0.5) is 0 Å². The number of rotatable bonds is 10. The molecule has 0 rings (SSSR count). The summed E-state index contributed by atoms with van der Waals surface area (Å²) in [6, 6.07) is 0. The molecule has 19 heavy (non-hydrogen) atoms. The molecule has 0 bridgehead atoms. The highest BCUT2D eigenvalue weighted by molar-refractivity contribution is 5.95. The number of ether oxygens (including phenoxy) is 4. The molecule has 0 radical (unpaired) electrons. The van der Waals surface area contributed by atoms with Gasteiger partial charge in [0, 0.05) is 51.9 Å². The van der Waals surface area contributed by atoms with Crippen LogP contribution in [0.15, 0.2) is 11.6 Å². The third-order valence-corrected chi connectivity index (χ3v) is 2.12. The molecule has 0 unspecified atom stereocenters. The van der Waals surface area contributed by atoms with Gasteiger partial charge in [-0.3, -0.25) is 0 Å². The Balaban J connectivity index is 3.88. The van der Waals surface area contributed by atoms with Gasteiger partial charge in [0.25, 0.3) is 0 Å². The van der Waals surface area contributed by atoms with E-state index in [1.54, 1.807) is 14.2 Å². The minimum Gasteiger partial charge on any atom is -0.462 e. The molecule has 6 nitrogen and oxygen atoms in total. The Bertz CT molecular complexity index is 298. The smallest absolute Gasteiger partial charge is 0.333 e. The van der Waals surface area contributed by atoms with Crippen molar-refractivity contribution in [1.82, 2.24) is 0 Å². The van der Waals surface area contributed by atoms with Crippen molar-refractivity contribution >= 4 is 11.9 Å². The third-order valence-electron chi connectivity index (χ3n) is 2.12. The molecule has 0 amide bonds. The van der Waals surface area contributed by atoms with Gasteiger partial charge in [0.05, 0.1) is 13.2 Å². The molecule has 0 saturated carbocycles. The second-order valence-corrected chi connectivity index (χ2v) is 3.82. The first-order valence-electron chi connectivity index (χ1n) is 6.12. The topological polar surface area (TPSA) is 71.1 Å². The van der Waals surface area contributed by atoms with E-state index in [1.165, 1.54) is 6.92 Å². The average Bonchev–Trinajstić information content (AvgIpc) is 2.39. The zero-order chi connectivity index (χ0) is 14.5. The van der Waals surface area contributed by atoms with E-state index in [1.807, 2.05) is 0 Å². The Morgan fingerprint density at radius 2 is 1.42 bits per heavy atom. The Morgan fingerprint density at radius 1 is 0.895 bits per heavy atom. The lowest BCUT2D eigenvalue weighted by Gasteiger charge is -2.05. The zero-order valence-electron chi connectivity index (χ0n) is 11.8. The van der Waals surface area contributed by atoms with Gasteiger partial charge < -0.3 is 18.9 Å². The maximum Gasteiger partial charge on any atom is 0.333 e. The largest absolute Gasteiger partial charge is 0.462 e. The second-order valence-electron chi connectivity index (χ2n) is 3.82. The van der Waals surface area contributed by atoms with Crippen LogP contribution in [0, 0.1) is 0 Å². The standard InChI is InChI=1S/C13H22O6/c1-11(13(15)19-9-5-7-17-3)10-12(14)18-8-4-6-16-2/h10H,4-9H2,1-3H3/b11-10+. The molecular formula is C13H22O6. The van der Waals surface area contributed by atoms with Crippen LogP contribution in [0.2, 0.25) is 0 Å². The maximum atomic E-state index is 11.5. The summed E-state index contributed by atoms with van der Waals surface area (Å²) in [7, 11) is 3.15. The van der Waals surface area contributed by atoms with Gasteiger partial charge in [0.15, 0.2) is 0 Å². The number of hydrogen-bond acceptors (Lipinski definition) is 6. The minimum absolute atomic E-state index is 0.217. The molecule has 0 N–H and O–H groups in total. The van der Waals surface area contributed by atoms with E-state index < -0.39 is 11.9 Å². The van der Waals surface area contributed by atoms with Crippen LogP contribution in [0.25, 0.3) is 0 Å². The van der Waals surface area contributed by atoms with Crippen LogP contribution in [0.3, 0.4) is 0 Å². The fourth-order valence-electron chi connectivity index (χ4n) is 1.14. The van der Waals surface area contributed by atoms with Crippen LogP contribution < -0.4 is 0 Å². The molecule has 0 atom stereocenters. The van der Waals surface area contributed by atoms with Gasteiger partial charge >= 0.3 is 11.9 Å². The summed E-state index contributed by atoms with van der Waals surface area (Å²) >= 11 is 0. The Kier molecular flexibility index (Phi) is 10.8. The molecule has 0 aromatic carbocycles. The summed E-state index contributed by atoms with van der Waals surface area (Å²) in [5.41, 5.74) is 0.217. The molecule has 0 aliphatic rings. The lowest BCUT2D eigenvalue weighted by molar-refractivity contribution is -0.141. The molecule has 0 fully saturated rings. The van der Waals surface area contributed by atoms with Crippen LogP contribution >= 0.6 is 0 Å². The van der Waals surface area contributed by atoms with Crippen molar-refractivity contribution in [2.45, 2.75) is 19.8 Å². The van der Waals surface area contributed by atoms with E-state index in [4.69, 9.17) is 18.9 Å². The van der Waals surface area contributed by atoms with Gasteiger partial charge in [-0.25, -0.2) is 9.59 Å². The van der Waals surface area contributed by atoms with Gasteiger partial charge in [-0.1, -0.05) is 0 Å². The highest BCUT2D eigenvalue weighted by Gasteiger charge is 2.08. The third kappa shape index (κ3) is 10.2. The Morgan fingerprint density at radius 3 is 1.95 bits per heavy atom. The van der Waals surface area contributed by atoms with Crippen LogP contribution in [-0.4, -0.2) is 52.6 Å². The molecule has 0 aromatic heterocycles. The van der Waals surface area contributed by atoms with E-state index in [2.05, 4.69) is 0 Å². The summed E-state index contributed by atoms with van der Waals surface area (Å²) in [6.07, 6.45) is 2.37. The van der Waals surface area contributed by atoms with Gasteiger partial charge in [0.1, 0.15) is 0 Å². The highest BCUT2D eigenvalue weighted by atomic mass is 16.5. The molecular weight excluding hydrogens is 252 g/mol. The summed E-state index contributed by atoms with van der Waals surface area (Å²) in [5, 5.41) is 0. The predicted octanol–water partition coefficient (Wildman–Crippen LogP) is 1.09. The second kappa shape index (κ2) is 11.7. The summed E-state index contributed by atoms with van der Waals surface area (Å²) in [4.78, 5) is 22.8. The van der Waals surface area contributed by atoms with Crippen molar-refractivity contribution in [2.24, 2.45) is 0 Å². The Hall–Kier alpha value is -1.40. The van der Waals surface area contributed by atoms with Crippen molar-refractivity contribution in [3.05, 3.63) is 11.6 Å². The van der Waals surface area contributed by atoms with E-state index in [-0.39, 0.29) is 18.8 Å². The van der Waals surface area contributed by atoms with Gasteiger partial charge in [-0.05, 0) is 6.92 Å². The molecule has 0 spiro atoms. The fraction of sp³-hybridized carbons (Fsp3) is 0.692. The van der Waals surface area contributed by atoms with Gasteiger partial charge in [0.2, 0.25) is 0 Å². The predicted molar refractivity (Wildman–Crippen MR) is 68.7 cm³/mol. The number of carbonyl (C=O) groups is 2. The number of carbonyl (C=O) groups excluding carboxylic acids is 2. The fourth-order valence-corrected chi connectivity index (χ4v) is 1.14. The normalized spacial score (nSPS) is 11.2. The first-order valence-corrected chi connectivity index (χ1v) is 6.12. The molecule has 0 aliphatic heterocycles. The molecule has 110 valence electrons. The van der Waals surface area contributed by atoms with Gasteiger partial charge in [-0.15, -0.1) is 0 Å². The van der Waals surface area contributed by atoms with E-state index >= 15 is 0 Å². The Labute approximate surface area is 113 Å². The van der Waals surface area contributed by atoms with Crippen molar-refractivity contribution in [1.29, 1.82) is 0 Å². The average molecular weight is 274 g/mol. The first kappa shape index (κ1) is 17.6. The van der Waals surface area contributed by atoms with Crippen LogP contribution in [-0.2, 0) is 28.5 Å². The van der Waals surface area contributed by atoms with E-state index in [9.17, 15) is 9.59 Å². The van der Waals surface area contributed by atoms with Crippen LogP contribution in [0.5, 0.6) is 0 Å². The molecule has 0 aliphatic carbocycles. The number of hydrogen-bond donors (Lipinski definition) is 0. The maximum absolute atomic E-state index is 11.5. The summed E-state index contributed by atoms with van der Waals surface area (Å²) < 4.78 is 19.5. The first-order chi connectivity index (χ1) is 9.11. The number of esters is 2. The highest BCUT2D eigenvalue weighted by Crippen LogP contribution is 1.99. The SMILES string of the molecule is COCCCOC(=O)/C=C(\C)C(=O)OCCCOC. The summed E-state index contributed by atoms with van der Waals surface area (Å²) in [5.74, 6) is -1.08. The molecule has 6 heteroatoms. The van der Waals surface area contributed by atoms with Gasteiger partial charge in [-0.2, -0.15) is 0 Å². The summed E-state index contributed by atoms with van der Waals surface area (Å²) in [6.45, 7) is 3.09. The van der Waals surface area contributed by atoms with Crippen molar-refractivity contribution in [3.63, 3.8) is 0 Å². The van der Waals surface area contributed by atoms with Crippen LogP contribution in [0.1, 0.15) is 19.8 Å². The van der Waals surface area contributed by atoms with Crippen molar-refractivity contribution in [3.8, 4) is 0 Å². The minimum atomic E-state index is -0.553. The van der Waals surface area contributed by atoms with Crippen molar-refractivity contribution in [2.75, 3.05) is 40.6 Å². The quantitative estimate of drug-likeness (QED) is 0.337. The molecule has 0 heterocycles. The lowest BCUT2D eigenvalue weighted by atomic mass is 10.3. The van der Waals surface area contributed by atoms with Crippen molar-refractivity contribution < 1.29 is 28.5 Å². The monoisotopic (exact) mass is 274 g/mol. The number of methoxy groups -OCH3 is 2. The lowest BCUT2D eigenvalue weighted by Crippen LogP contribution is -2.11. The van der Waals surface area contributed by atoms with E-state index in [0.717, 1.165) is 6.08 Å². The molecule has 0 saturated heterocycles. The zero-order valence-corrected chi connectivity index (χ0v) is 11.8.